The lowest BCUT2D eigenvalue weighted by Gasteiger charge is -2.16. The second-order valence-electron chi connectivity index (χ2n) is 13.9. The van der Waals surface area contributed by atoms with Gasteiger partial charge in [-0.3, -0.25) is 0 Å². The summed E-state index contributed by atoms with van der Waals surface area (Å²) < 4.78 is 0. The van der Waals surface area contributed by atoms with E-state index in [1.165, 1.54) is 24.3 Å². The zero-order valence-electron chi connectivity index (χ0n) is 28.5. The third-order valence-electron chi connectivity index (χ3n) is 10.5. The molecule has 0 atom stereocenters. The molecule has 9 rings (SSSR count). The molecule has 0 fully saturated rings. The minimum Gasteiger partial charge on any atom is -0.508 e. The molecule has 0 radical (unpaired) electrons. The average Bonchev–Trinajstić information content (AvgIpc) is 3.14. The van der Waals surface area contributed by atoms with Crippen LogP contribution in [0, 0.1) is 0 Å². The van der Waals surface area contributed by atoms with Crippen LogP contribution in [0.5, 0.6) is 46.0 Å². The van der Waals surface area contributed by atoms with Gasteiger partial charge in [-0.2, -0.15) is 0 Å². The highest BCUT2D eigenvalue weighted by atomic mass is 16.3. The summed E-state index contributed by atoms with van der Waals surface area (Å²) in [5.41, 5.74) is 6.22. The van der Waals surface area contributed by atoms with E-state index >= 15 is 0 Å². The van der Waals surface area contributed by atoms with Crippen molar-refractivity contribution >= 4 is 21.5 Å². The zero-order chi connectivity index (χ0) is 37.4. The van der Waals surface area contributed by atoms with Crippen molar-refractivity contribution in [2.24, 2.45) is 0 Å². The van der Waals surface area contributed by atoms with Crippen molar-refractivity contribution in [2.45, 2.75) is 12.8 Å². The number of phenols is 8. The summed E-state index contributed by atoms with van der Waals surface area (Å²) in [5, 5.41) is 91.4. The lowest BCUT2D eigenvalue weighted by atomic mass is 9.91. The monoisotopic (exact) mass is 712 g/mol. The van der Waals surface area contributed by atoms with Crippen LogP contribution in [0.2, 0.25) is 0 Å². The van der Waals surface area contributed by atoms with Crippen LogP contribution >= 0.6 is 0 Å². The number of phenolic OH excluding ortho intramolecular Hbond substituents is 8. The predicted octanol–water partition coefficient (Wildman–Crippen LogP) is 9.80. The van der Waals surface area contributed by atoms with Crippen molar-refractivity contribution < 1.29 is 40.9 Å². The van der Waals surface area contributed by atoms with Crippen LogP contribution in [-0.2, 0) is 12.8 Å². The fraction of sp³-hybridized carbons (Fsp3) is 0.0435. The van der Waals surface area contributed by atoms with Crippen LogP contribution in [0.15, 0.2) is 121 Å². The maximum Gasteiger partial charge on any atom is 0.127 e. The van der Waals surface area contributed by atoms with Gasteiger partial charge in [0.1, 0.15) is 46.0 Å². The molecule has 54 heavy (non-hydrogen) atoms. The zero-order valence-corrected chi connectivity index (χ0v) is 28.5. The van der Waals surface area contributed by atoms with Gasteiger partial charge in [-0.25, -0.2) is 0 Å². The molecule has 8 aromatic rings. The third kappa shape index (κ3) is 5.48. The van der Waals surface area contributed by atoms with Gasteiger partial charge in [0.25, 0.3) is 0 Å². The molecule has 1 aliphatic rings. The summed E-state index contributed by atoms with van der Waals surface area (Å²) in [5.74, 6) is -1.19. The van der Waals surface area contributed by atoms with Crippen molar-refractivity contribution in [2.75, 3.05) is 0 Å². The van der Waals surface area contributed by atoms with Gasteiger partial charge >= 0.3 is 0 Å². The van der Waals surface area contributed by atoms with E-state index in [1.54, 1.807) is 24.3 Å². The summed E-state index contributed by atoms with van der Waals surface area (Å²) in [6.07, 6.45) is 0.164. The van der Waals surface area contributed by atoms with Crippen LogP contribution in [0.1, 0.15) is 22.3 Å². The molecule has 0 aromatic heterocycles. The Morgan fingerprint density at radius 1 is 0.241 bits per heavy atom. The minimum atomic E-state index is -0.160. The van der Waals surface area contributed by atoms with Gasteiger partial charge in [0.15, 0.2) is 0 Å². The molecule has 0 aliphatic heterocycles. The van der Waals surface area contributed by atoms with Gasteiger partial charge in [0.05, 0.1) is 0 Å². The standard InChI is InChI=1S/C46H32O8/c47-39-19-43(51)35-15-31(39)13-32-17-37(45(53)21-41(32)49)27-7-3-24-4-8-28(12-30(24)11-27)38-18-34(42(50)22-46(38)54)14-33-16-36(44(52)20-40(33)48)26-6-2-23-1-5-25(35)9-29(23)10-26/h1-12,15-22,47-54H,13-14H2. The highest BCUT2D eigenvalue weighted by Gasteiger charge is 2.19. The number of benzene rings is 8. The molecule has 0 spiro atoms. The first kappa shape index (κ1) is 32.6. The Labute approximate surface area is 308 Å². The number of hydrogen-bond acceptors (Lipinski definition) is 8. The van der Waals surface area contributed by atoms with Crippen LogP contribution in [0.4, 0.5) is 0 Å². The fourth-order valence-corrected chi connectivity index (χ4v) is 7.55. The number of hydrogen-bond donors (Lipinski definition) is 8. The number of fused-ring (bicyclic) bond motifs is 16. The van der Waals surface area contributed by atoms with E-state index in [2.05, 4.69) is 0 Å². The quantitative estimate of drug-likeness (QED) is 0.0771. The van der Waals surface area contributed by atoms with Gasteiger partial charge in [-0.1, -0.05) is 48.5 Å². The first-order chi connectivity index (χ1) is 26.0. The largest absolute Gasteiger partial charge is 0.508 e. The normalized spacial score (nSPS) is 12.1. The topological polar surface area (TPSA) is 162 Å². The van der Waals surface area contributed by atoms with Crippen molar-refractivity contribution in [1.29, 1.82) is 0 Å². The number of aromatic hydroxyl groups is 8. The van der Waals surface area contributed by atoms with E-state index in [9.17, 15) is 40.9 Å². The lowest BCUT2D eigenvalue weighted by molar-refractivity contribution is 0.442. The molecule has 0 heterocycles. The van der Waals surface area contributed by atoms with E-state index < -0.39 is 0 Å². The Morgan fingerprint density at radius 2 is 0.481 bits per heavy atom. The van der Waals surface area contributed by atoms with Crippen LogP contribution in [-0.4, -0.2) is 40.9 Å². The maximum absolute atomic E-state index is 11.0. The Bertz CT molecular complexity index is 2490. The molecule has 0 unspecified atom stereocenters. The van der Waals surface area contributed by atoms with E-state index in [-0.39, 0.29) is 58.8 Å². The second-order valence-corrected chi connectivity index (χ2v) is 13.9. The average molecular weight is 713 g/mol. The SMILES string of the molecule is Oc1cc(O)c2cc1Cc1cc(c(O)cc1O)-c1ccc3ccc(cc3c1)-c1cc(c(O)cc1O)Cc1cc(c(O)cc1O)-c1ccc3ccc-2cc3c1. The Kier molecular flexibility index (Phi) is 7.32. The molecule has 1 aliphatic carbocycles. The van der Waals surface area contributed by atoms with E-state index in [1.807, 2.05) is 72.8 Å². The van der Waals surface area contributed by atoms with Crippen LogP contribution in [0.25, 0.3) is 66.1 Å². The van der Waals surface area contributed by atoms with Crippen LogP contribution in [0.3, 0.4) is 0 Å². The van der Waals surface area contributed by atoms with Crippen molar-refractivity contribution in [1.82, 2.24) is 0 Å². The van der Waals surface area contributed by atoms with Crippen molar-refractivity contribution in [3.05, 3.63) is 144 Å². The van der Waals surface area contributed by atoms with E-state index in [0.717, 1.165) is 21.5 Å². The Balaban J connectivity index is 1.29. The summed E-state index contributed by atoms with van der Waals surface area (Å²) >= 11 is 0. The first-order valence-electron chi connectivity index (χ1n) is 17.3. The molecule has 264 valence electrons. The van der Waals surface area contributed by atoms with Gasteiger partial charge in [0.2, 0.25) is 0 Å². The first-order valence-corrected chi connectivity index (χ1v) is 17.3. The maximum atomic E-state index is 11.0. The summed E-state index contributed by atoms with van der Waals surface area (Å²) in [6, 6.07) is 34.4. The smallest absolute Gasteiger partial charge is 0.127 e. The summed E-state index contributed by atoms with van der Waals surface area (Å²) in [4.78, 5) is 0. The van der Waals surface area contributed by atoms with Crippen molar-refractivity contribution in [3.63, 3.8) is 0 Å². The molecule has 0 saturated carbocycles. The Hall–Kier alpha value is -7.32. The van der Waals surface area contributed by atoms with Crippen LogP contribution < -0.4 is 0 Å². The highest BCUT2D eigenvalue weighted by molar-refractivity contribution is 5.94. The van der Waals surface area contributed by atoms with Crippen molar-refractivity contribution in [3.8, 4) is 90.5 Å². The minimum absolute atomic E-state index is 0.0820. The van der Waals surface area contributed by atoms with E-state index in [0.29, 0.717) is 66.8 Å². The molecule has 0 amide bonds. The van der Waals surface area contributed by atoms with E-state index in [4.69, 9.17) is 0 Å². The molecule has 8 aromatic carbocycles. The molecule has 8 N–H and O–H groups in total. The molecule has 0 saturated heterocycles. The Morgan fingerprint density at radius 3 is 0.722 bits per heavy atom. The third-order valence-corrected chi connectivity index (χ3v) is 10.5. The second kappa shape index (κ2) is 12.1. The van der Waals surface area contributed by atoms with Gasteiger partial charge in [0, 0.05) is 59.4 Å². The molecular weight excluding hydrogens is 680 g/mol. The molecule has 14 bridgehead atoms. The van der Waals surface area contributed by atoms with Gasteiger partial charge < -0.3 is 40.9 Å². The number of rotatable bonds is 0. The van der Waals surface area contributed by atoms with Gasteiger partial charge in [-0.15, -0.1) is 0 Å². The van der Waals surface area contributed by atoms with Gasteiger partial charge in [-0.05, 0) is 115 Å². The summed E-state index contributed by atoms with van der Waals surface area (Å²) in [6.45, 7) is 0. The highest BCUT2D eigenvalue weighted by Crippen LogP contribution is 2.44. The molecular formula is C46H32O8. The molecule has 8 heteroatoms. The fourth-order valence-electron chi connectivity index (χ4n) is 7.55. The lowest BCUT2D eigenvalue weighted by Crippen LogP contribution is -1.94. The summed E-state index contributed by atoms with van der Waals surface area (Å²) in [7, 11) is 0. The molecule has 8 nitrogen and oxygen atoms in total. The predicted molar refractivity (Wildman–Crippen MR) is 209 cm³/mol.